The maximum absolute atomic E-state index is 8.74. The number of rotatable bonds is 1. The Morgan fingerprint density at radius 3 is 3.00 bits per heavy atom. The smallest absolute Gasteiger partial charge is 0.212 e. The summed E-state index contributed by atoms with van der Waals surface area (Å²) in [5.41, 5.74) is 1.31. The summed E-state index contributed by atoms with van der Waals surface area (Å²) in [6, 6.07) is 5.70. The Bertz CT molecular complexity index is 734. The number of halogens is 1. The highest BCUT2D eigenvalue weighted by Crippen LogP contribution is 2.23. The van der Waals surface area contributed by atoms with Crippen LogP contribution in [0.4, 0.5) is 0 Å². The molecule has 17 heavy (non-hydrogen) atoms. The van der Waals surface area contributed by atoms with Crippen molar-refractivity contribution in [2.24, 2.45) is 0 Å². The normalized spacial score (nSPS) is 10.6. The summed E-state index contributed by atoms with van der Waals surface area (Å²) in [5.74, 6) is 0.582. The fraction of sp³-hybridized carbons (Fsp3) is 0. The molecule has 0 atom stereocenters. The van der Waals surface area contributed by atoms with E-state index in [1.165, 1.54) is 6.20 Å². The molecule has 0 aromatic carbocycles. The largest absolute Gasteiger partial charge is 0.315 e. The standard InChI is InChI=1S/C11H6ClN5/c12-10-8-2-4-17(9(8)1-3-14-10)11-15-6-7(5-13)16-11/h1-4,6H,(H,15,16). The molecule has 3 aromatic rings. The molecule has 82 valence electrons. The molecule has 0 unspecified atom stereocenters. The lowest BCUT2D eigenvalue weighted by atomic mass is 10.3. The molecule has 0 saturated heterocycles. The van der Waals surface area contributed by atoms with Gasteiger partial charge in [0.25, 0.3) is 0 Å². The number of pyridine rings is 1. The maximum atomic E-state index is 8.74. The number of nitrogens with zero attached hydrogens (tertiary/aromatic N) is 4. The van der Waals surface area contributed by atoms with Crippen LogP contribution in [0.25, 0.3) is 16.9 Å². The molecule has 0 aliphatic rings. The maximum Gasteiger partial charge on any atom is 0.212 e. The van der Waals surface area contributed by atoms with Crippen LogP contribution < -0.4 is 0 Å². The van der Waals surface area contributed by atoms with E-state index in [0.717, 1.165) is 10.9 Å². The number of H-pyrrole nitrogens is 1. The van der Waals surface area contributed by atoms with Crippen molar-refractivity contribution in [3.05, 3.63) is 41.6 Å². The monoisotopic (exact) mass is 243 g/mol. The number of aromatic amines is 1. The molecule has 0 fully saturated rings. The zero-order valence-corrected chi connectivity index (χ0v) is 9.31. The first-order valence-corrected chi connectivity index (χ1v) is 5.24. The average Bonchev–Trinajstić information content (AvgIpc) is 2.94. The van der Waals surface area contributed by atoms with Crippen LogP contribution >= 0.6 is 11.6 Å². The second-order valence-corrected chi connectivity index (χ2v) is 3.81. The summed E-state index contributed by atoms with van der Waals surface area (Å²) in [5, 5.41) is 10.0. The predicted molar refractivity (Wildman–Crippen MR) is 62.9 cm³/mol. The van der Waals surface area contributed by atoms with E-state index in [-0.39, 0.29) is 0 Å². The predicted octanol–water partition coefficient (Wildman–Crippen LogP) is 2.27. The minimum atomic E-state index is 0.419. The van der Waals surface area contributed by atoms with E-state index in [9.17, 15) is 0 Å². The highest BCUT2D eigenvalue weighted by atomic mass is 35.5. The molecule has 3 aromatic heterocycles. The van der Waals surface area contributed by atoms with Gasteiger partial charge in [0, 0.05) is 17.8 Å². The molecule has 0 bridgehead atoms. The van der Waals surface area contributed by atoms with Crippen molar-refractivity contribution >= 4 is 22.5 Å². The van der Waals surface area contributed by atoms with Gasteiger partial charge in [0.2, 0.25) is 5.95 Å². The lowest BCUT2D eigenvalue weighted by Gasteiger charge is -2.00. The van der Waals surface area contributed by atoms with Gasteiger partial charge in [-0.15, -0.1) is 0 Å². The van der Waals surface area contributed by atoms with E-state index >= 15 is 0 Å². The molecule has 0 radical (unpaired) electrons. The van der Waals surface area contributed by atoms with Crippen LogP contribution in [0.5, 0.6) is 0 Å². The van der Waals surface area contributed by atoms with Gasteiger partial charge in [0.05, 0.1) is 11.7 Å². The number of aromatic nitrogens is 4. The number of hydrogen-bond acceptors (Lipinski definition) is 3. The van der Waals surface area contributed by atoms with Gasteiger partial charge >= 0.3 is 0 Å². The molecule has 0 spiro atoms. The van der Waals surface area contributed by atoms with Gasteiger partial charge < -0.3 is 4.98 Å². The van der Waals surface area contributed by atoms with Gasteiger partial charge in [-0.2, -0.15) is 5.26 Å². The van der Waals surface area contributed by atoms with Gasteiger partial charge in [-0.05, 0) is 12.1 Å². The minimum absolute atomic E-state index is 0.419. The van der Waals surface area contributed by atoms with E-state index in [0.29, 0.717) is 16.8 Å². The molecule has 5 nitrogen and oxygen atoms in total. The second-order valence-electron chi connectivity index (χ2n) is 3.45. The summed E-state index contributed by atoms with van der Waals surface area (Å²) in [4.78, 5) is 11.0. The average molecular weight is 244 g/mol. The summed E-state index contributed by atoms with van der Waals surface area (Å²) in [7, 11) is 0. The molecule has 0 aliphatic carbocycles. The van der Waals surface area contributed by atoms with E-state index in [1.54, 1.807) is 6.20 Å². The zero-order chi connectivity index (χ0) is 11.8. The summed E-state index contributed by atoms with van der Waals surface area (Å²) in [6.07, 6.45) is 4.96. The third-order valence-corrected chi connectivity index (χ3v) is 2.78. The molecule has 3 rings (SSSR count). The zero-order valence-electron chi connectivity index (χ0n) is 8.55. The van der Waals surface area contributed by atoms with Crippen molar-refractivity contribution < 1.29 is 0 Å². The van der Waals surface area contributed by atoms with Gasteiger partial charge in [0.15, 0.2) is 0 Å². The van der Waals surface area contributed by atoms with Crippen LogP contribution in [-0.4, -0.2) is 19.5 Å². The third-order valence-electron chi connectivity index (χ3n) is 2.48. The van der Waals surface area contributed by atoms with Crippen molar-refractivity contribution in [3.8, 4) is 12.0 Å². The lowest BCUT2D eigenvalue weighted by Crippen LogP contribution is -1.94. The van der Waals surface area contributed by atoms with Crippen LogP contribution in [0, 0.1) is 11.3 Å². The van der Waals surface area contributed by atoms with Crippen molar-refractivity contribution in [2.45, 2.75) is 0 Å². The van der Waals surface area contributed by atoms with E-state index in [1.807, 2.05) is 29.0 Å². The van der Waals surface area contributed by atoms with Crippen molar-refractivity contribution in [3.63, 3.8) is 0 Å². The first-order valence-electron chi connectivity index (χ1n) is 4.86. The van der Waals surface area contributed by atoms with Crippen molar-refractivity contribution in [2.75, 3.05) is 0 Å². The van der Waals surface area contributed by atoms with Crippen LogP contribution in [0.15, 0.2) is 30.7 Å². The van der Waals surface area contributed by atoms with Crippen LogP contribution in [-0.2, 0) is 0 Å². The van der Waals surface area contributed by atoms with Gasteiger partial charge in [-0.3, -0.25) is 4.57 Å². The molecule has 0 saturated carbocycles. The van der Waals surface area contributed by atoms with Crippen LogP contribution in [0.3, 0.4) is 0 Å². The highest BCUT2D eigenvalue weighted by molar-refractivity contribution is 6.34. The van der Waals surface area contributed by atoms with E-state index in [4.69, 9.17) is 16.9 Å². The molecular weight excluding hydrogens is 238 g/mol. The Balaban J connectivity index is 2.25. The topological polar surface area (TPSA) is 70.3 Å². The molecule has 3 heterocycles. The Labute approximate surface area is 101 Å². The van der Waals surface area contributed by atoms with Gasteiger partial charge in [-0.25, -0.2) is 9.97 Å². The quantitative estimate of drug-likeness (QED) is 0.667. The van der Waals surface area contributed by atoms with Crippen LogP contribution in [0.1, 0.15) is 5.69 Å². The first kappa shape index (κ1) is 9.87. The van der Waals surface area contributed by atoms with Crippen molar-refractivity contribution in [1.82, 2.24) is 19.5 Å². The molecular formula is C11H6ClN5. The van der Waals surface area contributed by atoms with E-state index in [2.05, 4.69) is 15.0 Å². The number of fused-ring (bicyclic) bond motifs is 1. The summed E-state index contributed by atoms with van der Waals surface area (Å²) >= 11 is 5.98. The van der Waals surface area contributed by atoms with Crippen molar-refractivity contribution in [1.29, 1.82) is 5.26 Å². The Morgan fingerprint density at radius 2 is 2.24 bits per heavy atom. The Morgan fingerprint density at radius 1 is 1.35 bits per heavy atom. The first-order chi connectivity index (χ1) is 8.29. The lowest BCUT2D eigenvalue weighted by molar-refractivity contribution is 1.00. The molecule has 0 aliphatic heterocycles. The number of nitriles is 1. The number of hydrogen-bond donors (Lipinski definition) is 1. The molecule has 6 heteroatoms. The summed E-state index contributed by atoms with van der Waals surface area (Å²) < 4.78 is 1.82. The third kappa shape index (κ3) is 1.47. The highest BCUT2D eigenvalue weighted by Gasteiger charge is 2.08. The van der Waals surface area contributed by atoms with E-state index < -0.39 is 0 Å². The molecule has 0 amide bonds. The fourth-order valence-corrected chi connectivity index (χ4v) is 1.92. The fourth-order valence-electron chi connectivity index (χ4n) is 1.71. The SMILES string of the molecule is N#Cc1cnc(-n2ccc3c(Cl)nccc32)[nH]1. The van der Waals surface area contributed by atoms with Gasteiger partial charge in [-0.1, -0.05) is 11.6 Å². The number of nitrogens with one attached hydrogen (secondary N) is 1. The van der Waals surface area contributed by atoms with Gasteiger partial charge in [0.1, 0.15) is 16.9 Å². The minimum Gasteiger partial charge on any atom is -0.315 e. The van der Waals surface area contributed by atoms with Crippen LogP contribution in [0.2, 0.25) is 5.15 Å². The summed E-state index contributed by atoms with van der Waals surface area (Å²) in [6.45, 7) is 0. The molecule has 1 N–H and O–H groups in total. The Kier molecular flexibility index (Phi) is 2.10. The Hall–Kier alpha value is -2.32. The second kappa shape index (κ2) is 3.61. The number of imidazole rings is 1.